The molecule has 0 aliphatic carbocycles. The van der Waals surface area contributed by atoms with Crippen molar-refractivity contribution in [1.82, 2.24) is 20.3 Å². The van der Waals surface area contributed by atoms with E-state index in [2.05, 4.69) is 20.1 Å². The largest absolute Gasteiger partial charge is 0.467 e. The molecule has 0 spiro atoms. The third-order valence-electron chi connectivity index (χ3n) is 6.47. The van der Waals surface area contributed by atoms with Gasteiger partial charge in [-0.1, -0.05) is 30.3 Å². The Labute approximate surface area is 226 Å². The SMILES string of the molecule is COC(=O)[C@H](CO)NC(=O)[C@H](CC(=O)NC[C@@H]1CCCN(C(=N)N)C1)NS(=O)(=O)c1ccc2ccccc2c1. The highest BCUT2D eigenvalue weighted by Gasteiger charge is 2.32. The van der Waals surface area contributed by atoms with Crippen LogP contribution < -0.4 is 21.1 Å². The van der Waals surface area contributed by atoms with E-state index in [9.17, 15) is 27.9 Å². The van der Waals surface area contributed by atoms with Gasteiger partial charge < -0.3 is 31.1 Å². The molecule has 0 aromatic heterocycles. The van der Waals surface area contributed by atoms with Gasteiger partial charge in [0.1, 0.15) is 6.04 Å². The second-order valence-corrected chi connectivity index (χ2v) is 11.0. The third kappa shape index (κ3) is 8.12. The van der Waals surface area contributed by atoms with Gasteiger partial charge in [-0.25, -0.2) is 13.2 Å². The number of guanidine groups is 1. The van der Waals surface area contributed by atoms with E-state index in [1.807, 2.05) is 12.1 Å². The number of carbonyl (C=O) groups excluding carboxylic acids is 3. The highest BCUT2D eigenvalue weighted by Crippen LogP contribution is 2.20. The molecule has 3 atom stereocenters. The highest BCUT2D eigenvalue weighted by atomic mass is 32.2. The van der Waals surface area contributed by atoms with E-state index in [0.717, 1.165) is 25.3 Å². The van der Waals surface area contributed by atoms with Crippen molar-refractivity contribution < 1.29 is 32.6 Å². The number of hydrogen-bond donors (Lipinski definition) is 6. The van der Waals surface area contributed by atoms with Crippen molar-refractivity contribution in [3.8, 4) is 0 Å². The van der Waals surface area contributed by atoms with Crippen LogP contribution in [0.4, 0.5) is 0 Å². The molecule has 39 heavy (non-hydrogen) atoms. The van der Waals surface area contributed by atoms with Crippen molar-refractivity contribution in [2.75, 3.05) is 33.4 Å². The standard InChI is InChI=1S/C25H34N6O7S/c1-38-24(35)21(15-32)29-23(34)20(12-22(33)28-13-16-5-4-10-31(14-16)25(26)27)30-39(36,37)19-9-8-17-6-2-3-7-18(17)11-19/h2-3,6-9,11,16,20-21,30,32H,4-5,10,12-15H2,1H3,(H3,26,27)(H,28,33)(H,29,34)/t16-,20-,21-/m0/s1. The average Bonchev–Trinajstić information content (AvgIpc) is 2.93. The summed E-state index contributed by atoms with van der Waals surface area (Å²) in [6.07, 6.45) is 1.04. The maximum Gasteiger partial charge on any atom is 0.330 e. The van der Waals surface area contributed by atoms with E-state index in [0.29, 0.717) is 18.5 Å². The van der Waals surface area contributed by atoms with Gasteiger partial charge in [-0.3, -0.25) is 15.0 Å². The topological polar surface area (TPSA) is 204 Å². The molecule has 1 saturated heterocycles. The Morgan fingerprint density at radius 1 is 1.18 bits per heavy atom. The number of aliphatic hydroxyl groups excluding tert-OH is 1. The molecule has 0 bridgehead atoms. The molecule has 1 fully saturated rings. The van der Waals surface area contributed by atoms with Crippen molar-refractivity contribution in [3.05, 3.63) is 42.5 Å². The van der Waals surface area contributed by atoms with Crippen LogP contribution in [0.25, 0.3) is 10.8 Å². The van der Waals surface area contributed by atoms with Crippen LogP contribution in [0.1, 0.15) is 19.3 Å². The van der Waals surface area contributed by atoms with Crippen LogP contribution in [-0.2, 0) is 29.1 Å². The minimum Gasteiger partial charge on any atom is -0.467 e. The maximum absolute atomic E-state index is 13.2. The fourth-order valence-electron chi connectivity index (χ4n) is 4.34. The fraction of sp³-hybridized carbons (Fsp3) is 0.440. The summed E-state index contributed by atoms with van der Waals surface area (Å²) in [5.41, 5.74) is 5.57. The summed E-state index contributed by atoms with van der Waals surface area (Å²) in [4.78, 5) is 39.3. The zero-order chi connectivity index (χ0) is 28.6. The lowest BCUT2D eigenvalue weighted by Crippen LogP contribution is -2.54. The number of ether oxygens (including phenoxy) is 1. The van der Waals surface area contributed by atoms with Crippen LogP contribution in [0.15, 0.2) is 47.4 Å². The first kappa shape index (κ1) is 29.8. The lowest BCUT2D eigenvalue weighted by Gasteiger charge is -2.33. The van der Waals surface area contributed by atoms with Gasteiger partial charge in [0, 0.05) is 19.6 Å². The molecule has 13 nitrogen and oxygen atoms in total. The quantitative estimate of drug-likeness (QED) is 0.116. The summed E-state index contributed by atoms with van der Waals surface area (Å²) in [7, 11) is -3.20. The molecule has 0 unspecified atom stereocenters. The van der Waals surface area contributed by atoms with Crippen molar-refractivity contribution in [2.45, 2.75) is 36.2 Å². The Kier molecular flexibility index (Phi) is 10.2. The number of nitrogens with two attached hydrogens (primary N) is 1. The van der Waals surface area contributed by atoms with Gasteiger partial charge in [0.2, 0.25) is 21.8 Å². The molecule has 0 radical (unpaired) electrons. The number of fused-ring (bicyclic) bond motifs is 1. The molecule has 3 rings (SSSR count). The molecule has 212 valence electrons. The lowest BCUT2D eigenvalue weighted by atomic mass is 9.98. The molecule has 7 N–H and O–H groups in total. The van der Waals surface area contributed by atoms with E-state index >= 15 is 0 Å². The first-order chi connectivity index (χ1) is 18.5. The number of amides is 2. The third-order valence-corrected chi connectivity index (χ3v) is 7.94. The molecule has 2 aromatic carbocycles. The van der Waals surface area contributed by atoms with Gasteiger partial charge >= 0.3 is 5.97 Å². The Balaban J connectivity index is 1.75. The number of aliphatic hydroxyl groups is 1. The number of piperidine rings is 1. The van der Waals surface area contributed by atoms with Gasteiger partial charge in [-0.05, 0) is 41.7 Å². The lowest BCUT2D eigenvalue weighted by molar-refractivity contribution is -0.146. The number of benzene rings is 2. The summed E-state index contributed by atoms with van der Waals surface area (Å²) >= 11 is 0. The molecule has 0 saturated carbocycles. The van der Waals surface area contributed by atoms with Gasteiger partial charge in [0.25, 0.3) is 0 Å². The zero-order valence-corrected chi connectivity index (χ0v) is 22.4. The van der Waals surface area contributed by atoms with Crippen molar-refractivity contribution in [3.63, 3.8) is 0 Å². The number of nitrogens with zero attached hydrogens (tertiary/aromatic N) is 1. The number of likely N-dealkylation sites (tertiary alicyclic amines) is 1. The van der Waals surface area contributed by atoms with Crippen LogP contribution in [-0.4, -0.2) is 87.6 Å². The van der Waals surface area contributed by atoms with Crippen LogP contribution in [0.5, 0.6) is 0 Å². The Morgan fingerprint density at radius 2 is 1.90 bits per heavy atom. The summed E-state index contributed by atoms with van der Waals surface area (Å²) in [6, 6.07) is 8.55. The maximum atomic E-state index is 13.2. The van der Waals surface area contributed by atoms with Crippen molar-refractivity contribution >= 4 is 44.5 Å². The van der Waals surface area contributed by atoms with Crippen LogP contribution in [0.3, 0.4) is 0 Å². The number of nitrogens with one attached hydrogen (secondary N) is 4. The van der Waals surface area contributed by atoms with Crippen molar-refractivity contribution in [1.29, 1.82) is 5.41 Å². The Morgan fingerprint density at radius 3 is 2.56 bits per heavy atom. The minimum absolute atomic E-state index is 0.0197. The summed E-state index contributed by atoms with van der Waals surface area (Å²) in [5.74, 6) is -2.55. The van der Waals surface area contributed by atoms with Gasteiger partial charge in [-0.15, -0.1) is 0 Å². The summed E-state index contributed by atoms with van der Waals surface area (Å²) in [6.45, 7) is 0.606. The Hall–Kier alpha value is -3.75. The first-order valence-corrected chi connectivity index (χ1v) is 13.9. The number of carbonyl (C=O) groups is 3. The number of hydrogen-bond acceptors (Lipinski definition) is 8. The minimum atomic E-state index is -4.28. The van der Waals surface area contributed by atoms with E-state index < -0.39 is 52.9 Å². The number of esters is 1. The van der Waals surface area contributed by atoms with E-state index in [4.69, 9.17) is 11.1 Å². The van der Waals surface area contributed by atoms with Crippen LogP contribution in [0, 0.1) is 11.3 Å². The molecule has 2 aromatic rings. The first-order valence-electron chi connectivity index (χ1n) is 12.4. The van der Waals surface area contributed by atoms with E-state index in [-0.39, 0.29) is 23.3 Å². The summed E-state index contributed by atoms with van der Waals surface area (Å²) in [5, 5.41) is 23.5. The van der Waals surface area contributed by atoms with E-state index in [1.165, 1.54) is 12.1 Å². The smallest absolute Gasteiger partial charge is 0.330 e. The van der Waals surface area contributed by atoms with Crippen LogP contribution >= 0.6 is 0 Å². The monoisotopic (exact) mass is 562 g/mol. The highest BCUT2D eigenvalue weighted by molar-refractivity contribution is 7.89. The second-order valence-electron chi connectivity index (χ2n) is 9.30. The molecule has 14 heteroatoms. The molecular formula is C25H34N6O7S. The summed E-state index contributed by atoms with van der Waals surface area (Å²) < 4.78 is 33.3. The zero-order valence-electron chi connectivity index (χ0n) is 21.6. The molecule has 1 aliphatic rings. The Bertz CT molecular complexity index is 1320. The number of methoxy groups -OCH3 is 1. The van der Waals surface area contributed by atoms with Crippen LogP contribution in [0.2, 0.25) is 0 Å². The predicted molar refractivity (Wildman–Crippen MR) is 143 cm³/mol. The molecule has 2 amide bonds. The van der Waals surface area contributed by atoms with Crippen molar-refractivity contribution in [2.24, 2.45) is 11.7 Å². The number of rotatable bonds is 11. The predicted octanol–water partition coefficient (Wildman–Crippen LogP) is -0.751. The van der Waals surface area contributed by atoms with Gasteiger partial charge in [0.15, 0.2) is 12.0 Å². The molecule has 1 aliphatic heterocycles. The average molecular weight is 563 g/mol. The second kappa shape index (κ2) is 13.4. The molecular weight excluding hydrogens is 528 g/mol. The van der Waals surface area contributed by atoms with Gasteiger partial charge in [-0.2, -0.15) is 4.72 Å². The molecule has 1 heterocycles. The normalized spacial score (nSPS) is 17.2. The van der Waals surface area contributed by atoms with E-state index in [1.54, 1.807) is 23.1 Å². The fourth-order valence-corrected chi connectivity index (χ4v) is 5.57. The van der Waals surface area contributed by atoms with Gasteiger partial charge in [0.05, 0.1) is 25.0 Å². The number of sulfonamides is 1.